The van der Waals surface area contributed by atoms with Gasteiger partial charge in [0.25, 0.3) is 0 Å². The van der Waals surface area contributed by atoms with Gasteiger partial charge in [-0.05, 0) is 0 Å². The van der Waals surface area contributed by atoms with E-state index in [1.54, 1.807) is 18.2 Å². The van der Waals surface area contributed by atoms with Gasteiger partial charge in [-0.25, -0.2) is 0 Å². The van der Waals surface area contributed by atoms with Crippen LogP contribution in [0.3, 0.4) is 0 Å². The number of hydrogen-bond acceptors (Lipinski definition) is 3. The van der Waals surface area contributed by atoms with E-state index >= 15 is 0 Å². The first-order chi connectivity index (χ1) is 9.06. The summed E-state index contributed by atoms with van der Waals surface area (Å²) in [6.07, 6.45) is 2.27. The van der Waals surface area contributed by atoms with Gasteiger partial charge in [-0.1, -0.05) is 0 Å². The SMILES string of the molecule is C=C(/C=C1/SC(=O)C[C]1=[W])NC(=O)c1ccccc1. The fourth-order valence-corrected chi connectivity index (χ4v) is 3.89. The first kappa shape index (κ1) is 14.2. The quantitative estimate of drug-likeness (QED) is 0.783. The van der Waals surface area contributed by atoms with Crippen LogP contribution < -0.4 is 5.32 Å². The summed E-state index contributed by atoms with van der Waals surface area (Å²) in [7, 11) is 0. The van der Waals surface area contributed by atoms with Gasteiger partial charge in [0.1, 0.15) is 0 Å². The summed E-state index contributed by atoms with van der Waals surface area (Å²) >= 11 is 2.50. The van der Waals surface area contributed by atoms with Crippen molar-refractivity contribution >= 4 is 26.7 Å². The number of thioether (sulfide) groups is 1. The zero-order valence-electron chi connectivity index (χ0n) is 10.0. The predicted molar refractivity (Wildman–Crippen MR) is 73.4 cm³/mol. The third-order valence-corrected chi connectivity index (χ3v) is 5.20. The van der Waals surface area contributed by atoms with Crippen LogP contribution in [0, 0.1) is 0 Å². The average Bonchev–Trinajstić information content (AvgIpc) is 2.68. The number of nitrogens with one attached hydrogen (secondary N) is 1. The van der Waals surface area contributed by atoms with E-state index in [9.17, 15) is 9.59 Å². The number of hydrogen-bond donors (Lipinski definition) is 1. The van der Waals surface area contributed by atoms with E-state index in [0.717, 1.165) is 8.80 Å². The summed E-state index contributed by atoms with van der Waals surface area (Å²) in [6, 6.07) is 8.96. The van der Waals surface area contributed by atoms with Crippen LogP contribution >= 0.6 is 11.8 Å². The van der Waals surface area contributed by atoms with Crippen molar-refractivity contribution in [3.05, 3.63) is 59.2 Å². The minimum absolute atomic E-state index is 0.151. The molecule has 1 aromatic rings. The summed E-state index contributed by atoms with van der Waals surface area (Å²) in [4.78, 5) is 24.1. The molecule has 0 spiro atoms. The molecule has 0 bridgehead atoms. The number of carbonyl (C=O) groups excluding carboxylic acids is 2. The van der Waals surface area contributed by atoms with E-state index in [4.69, 9.17) is 0 Å². The average molecular weight is 441 g/mol. The number of carbonyl (C=O) groups is 2. The number of allylic oxidation sites excluding steroid dienone is 2. The van der Waals surface area contributed by atoms with Gasteiger partial charge in [0.05, 0.1) is 0 Å². The van der Waals surface area contributed by atoms with Crippen molar-refractivity contribution in [1.82, 2.24) is 5.32 Å². The summed E-state index contributed by atoms with van der Waals surface area (Å²) in [5, 5.41) is 2.87. The molecule has 1 amide bonds. The number of amides is 1. The molecule has 1 heterocycles. The van der Waals surface area contributed by atoms with Crippen LogP contribution in [0.15, 0.2) is 53.6 Å². The van der Waals surface area contributed by atoms with Gasteiger partial charge in [-0.3, -0.25) is 0 Å². The normalized spacial score (nSPS) is 16.7. The molecular weight excluding hydrogens is 430 g/mol. The Balaban J connectivity index is 2.03. The van der Waals surface area contributed by atoms with Crippen molar-refractivity contribution in [3.63, 3.8) is 0 Å². The van der Waals surface area contributed by atoms with E-state index < -0.39 is 0 Å². The van der Waals surface area contributed by atoms with Crippen LogP contribution in [-0.4, -0.2) is 14.9 Å². The maximum absolute atomic E-state index is 11.9. The molecule has 0 saturated carbocycles. The Morgan fingerprint density at radius 1 is 1.37 bits per heavy atom. The summed E-state index contributed by atoms with van der Waals surface area (Å²) in [5.41, 5.74) is 1.09. The van der Waals surface area contributed by atoms with E-state index in [1.165, 1.54) is 31.1 Å². The van der Waals surface area contributed by atoms with Crippen molar-refractivity contribution in [2.45, 2.75) is 6.42 Å². The Hall–Kier alpha value is -1.25. The molecule has 1 saturated heterocycles. The maximum atomic E-state index is 11.9. The van der Waals surface area contributed by atoms with Crippen LogP contribution in [0.1, 0.15) is 16.8 Å². The Morgan fingerprint density at radius 2 is 2.05 bits per heavy atom. The summed E-state index contributed by atoms with van der Waals surface area (Å²) in [6.45, 7) is 3.81. The second-order valence-electron chi connectivity index (χ2n) is 3.93. The second kappa shape index (κ2) is 6.27. The fraction of sp³-hybridized carbons (Fsp3) is 0.0714. The van der Waals surface area contributed by atoms with Gasteiger partial charge in [-0.15, -0.1) is 0 Å². The molecule has 1 aliphatic heterocycles. The number of rotatable bonds is 3. The Kier molecular flexibility index (Phi) is 4.67. The molecule has 19 heavy (non-hydrogen) atoms. The molecular formula is C14H11NO2SW. The predicted octanol–water partition coefficient (Wildman–Crippen LogP) is 2.20. The number of benzene rings is 1. The monoisotopic (exact) mass is 441 g/mol. The Bertz CT molecular complexity index is 593. The van der Waals surface area contributed by atoms with Crippen LogP contribution in [-0.2, 0) is 24.1 Å². The summed E-state index contributed by atoms with van der Waals surface area (Å²) < 4.78 is 1.10. The van der Waals surface area contributed by atoms with E-state index in [0.29, 0.717) is 17.7 Å². The molecule has 0 atom stereocenters. The van der Waals surface area contributed by atoms with Gasteiger partial charge in [0, 0.05) is 0 Å². The fourth-order valence-electron chi connectivity index (χ4n) is 1.55. The minimum atomic E-state index is -0.193. The van der Waals surface area contributed by atoms with Crippen LogP contribution in [0.5, 0.6) is 0 Å². The van der Waals surface area contributed by atoms with Crippen LogP contribution in [0.4, 0.5) is 0 Å². The zero-order chi connectivity index (χ0) is 13.8. The van der Waals surface area contributed by atoms with Crippen LogP contribution in [0.2, 0.25) is 0 Å². The Labute approximate surface area is 126 Å². The van der Waals surface area contributed by atoms with Crippen molar-refractivity contribution in [2.75, 3.05) is 0 Å². The molecule has 0 aliphatic carbocycles. The molecule has 0 radical (unpaired) electrons. The molecule has 0 aromatic heterocycles. The van der Waals surface area contributed by atoms with E-state index in [1.807, 2.05) is 18.2 Å². The molecule has 1 aromatic carbocycles. The zero-order valence-corrected chi connectivity index (χ0v) is 13.8. The van der Waals surface area contributed by atoms with E-state index in [-0.39, 0.29) is 11.0 Å². The van der Waals surface area contributed by atoms with Crippen molar-refractivity contribution in [2.24, 2.45) is 0 Å². The van der Waals surface area contributed by atoms with Gasteiger partial charge in [0.2, 0.25) is 0 Å². The molecule has 1 fully saturated rings. The topological polar surface area (TPSA) is 46.2 Å². The molecule has 3 nitrogen and oxygen atoms in total. The molecule has 0 unspecified atom stereocenters. The van der Waals surface area contributed by atoms with Gasteiger partial charge < -0.3 is 0 Å². The van der Waals surface area contributed by atoms with Gasteiger partial charge >= 0.3 is 127 Å². The first-order valence-electron chi connectivity index (χ1n) is 5.57. The van der Waals surface area contributed by atoms with Crippen molar-refractivity contribution in [1.29, 1.82) is 0 Å². The van der Waals surface area contributed by atoms with E-state index in [2.05, 4.69) is 11.9 Å². The van der Waals surface area contributed by atoms with Crippen LogP contribution in [0.25, 0.3) is 0 Å². The standard InChI is InChI=1S/C14H11NO2S.W/c1-10(9-12-7-8-13(16)18-12)15-14(17)11-5-3-2-4-6-11;/h2-6,9H,1,8H2,(H,15,17);/b12-9+;. The Morgan fingerprint density at radius 3 is 2.63 bits per heavy atom. The molecule has 2 rings (SSSR count). The van der Waals surface area contributed by atoms with Gasteiger partial charge in [0.15, 0.2) is 0 Å². The third-order valence-electron chi connectivity index (χ3n) is 2.42. The molecule has 1 aliphatic rings. The first-order valence-corrected chi connectivity index (χ1v) is 7.85. The third kappa shape index (κ3) is 3.85. The van der Waals surface area contributed by atoms with Crippen molar-refractivity contribution < 1.29 is 28.9 Å². The van der Waals surface area contributed by atoms with Crippen molar-refractivity contribution in [3.8, 4) is 0 Å². The second-order valence-corrected chi connectivity index (χ2v) is 6.80. The molecule has 96 valence electrons. The molecule has 1 N–H and O–H groups in total. The summed E-state index contributed by atoms with van der Waals surface area (Å²) in [5.74, 6) is -0.193. The molecule has 5 heteroatoms. The van der Waals surface area contributed by atoms with Gasteiger partial charge in [-0.2, -0.15) is 0 Å².